The summed E-state index contributed by atoms with van der Waals surface area (Å²) < 4.78 is 19.5. The first-order chi connectivity index (χ1) is 13.6. The van der Waals surface area contributed by atoms with Crippen LogP contribution in [0.25, 0.3) is 0 Å². The number of allylic oxidation sites excluding steroid dienone is 1. The van der Waals surface area contributed by atoms with Gasteiger partial charge in [-0.3, -0.25) is 9.69 Å². The molecule has 1 amide bonds. The van der Waals surface area contributed by atoms with E-state index in [1.54, 1.807) is 30.2 Å². The van der Waals surface area contributed by atoms with Crippen molar-refractivity contribution >= 4 is 23.4 Å². The largest absolute Gasteiger partial charge is 0.497 e. The van der Waals surface area contributed by atoms with Crippen LogP contribution >= 0.6 is 11.8 Å². The maximum absolute atomic E-state index is 14.3. The Morgan fingerprint density at radius 2 is 1.96 bits per heavy atom. The summed E-state index contributed by atoms with van der Waals surface area (Å²) in [5.74, 6) is 0.337. The summed E-state index contributed by atoms with van der Waals surface area (Å²) >= 11 is 1.44. The predicted octanol–water partition coefficient (Wildman–Crippen LogP) is 4.05. The molecule has 2 aromatic carbocycles. The van der Waals surface area contributed by atoms with E-state index in [0.29, 0.717) is 28.7 Å². The first kappa shape index (κ1) is 18.4. The molecule has 0 N–H and O–H groups in total. The van der Waals surface area contributed by atoms with Crippen LogP contribution in [0.15, 0.2) is 59.1 Å². The van der Waals surface area contributed by atoms with Gasteiger partial charge in [0.1, 0.15) is 11.6 Å². The summed E-state index contributed by atoms with van der Waals surface area (Å²) in [7, 11) is 1.62. The fourth-order valence-electron chi connectivity index (χ4n) is 3.54. The Bertz CT molecular complexity index is 984. The van der Waals surface area contributed by atoms with Crippen molar-refractivity contribution in [2.45, 2.75) is 12.3 Å². The average Bonchev–Trinajstić information content (AvgIpc) is 2.74. The number of rotatable bonds is 3. The Balaban J connectivity index is 1.65. The molecule has 7 heteroatoms. The van der Waals surface area contributed by atoms with Crippen molar-refractivity contribution in [1.29, 1.82) is 5.26 Å². The van der Waals surface area contributed by atoms with Crippen molar-refractivity contribution < 1.29 is 13.9 Å². The normalized spacial score (nSPS) is 19.3. The van der Waals surface area contributed by atoms with Gasteiger partial charge in [-0.05, 0) is 35.9 Å². The van der Waals surface area contributed by atoms with Crippen LogP contribution < -0.4 is 9.64 Å². The van der Waals surface area contributed by atoms with E-state index in [0.717, 1.165) is 11.4 Å². The topological polar surface area (TPSA) is 56.6 Å². The molecular formula is C21H18FN3O2S. The molecule has 28 heavy (non-hydrogen) atoms. The van der Waals surface area contributed by atoms with Crippen molar-refractivity contribution in [2.75, 3.05) is 24.6 Å². The van der Waals surface area contributed by atoms with E-state index in [1.165, 1.54) is 17.8 Å². The molecule has 0 bridgehead atoms. The highest BCUT2D eigenvalue weighted by Crippen LogP contribution is 2.43. The molecule has 1 fully saturated rings. The molecule has 2 aliphatic heterocycles. The quantitative estimate of drug-likeness (QED) is 0.785. The van der Waals surface area contributed by atoms with Crippen LogP contribution in [-0.2, 0) is 4.79 Å². The number of amides is 1. The number of thioether (sulfide) groups is 1. The molecule has 2 aromatic rings. The standard InChI is InChI=1S/C21H18FN3O2S/c1-27-15-8-6-14(7-9-15)24-12-25-20(26)10-17(16-4-2-3-5-19(16)22)18(11-23)21(25)28-13-24/h2-9,17H,10,12-13H2,1H3/t17-/m1/s1. The number of hydrogen-bond acceptors (Lipinski definition) is 5. The highest BCUT2D eigenvalue weighted by molar-refractivity contribution is 8.03. The fraction of sp³-hybridized carbons (Fsp3) is 0.238. The number of carbonyl (C=O) groups excluding carboxylic acids is 1. The summed E-state index contributed by atoms with van der Waals surface area (Å²) in [6.07, 6.45) is 0.0876. The SMILES string of the molecule is COc1ccc(N2CSC3=C(C#N)[C@@H](c4ccccc4F)CC(=O)N3C2)cc1. The molecule has 4 rings (SSSR count). The zero-order valence-electron chi connectivity index (χ0n) is 15.3. The minimum Gasteiger partial charge on any atom is -0.497 e. The molecule has 1 atom stereocenters. The molecular weight excluding hydrogens is 377 g/mol. The van der Waals surface area contributed by atoms with Gasteiger partial charge in [-0.2, -0.15) is 5.26 Å². The molecule has 0 unspecified atom stereocenters. The van der Waals surface area contributed by atoms with Crippen LogP contribution in [0.5, 0.6) is 5.75 Å². The Morgan fingerprint density at radius 1 is 1.21 bits per heavy atom. The van der Waals surface area contributed by atoms with Gasteiger partial charge in [0.15, 0.2) is 0 Å². The lowest BCUT2D eigenvalue weighted by Gasteiger charge is -2.42. The Kier molecular flexibility index (Phi) is 4.97. The summed E-state index contributed by atoms with van der Waals surface area (Å²) in [5.41, 5.74) is 1.83. The van der Waals surface area contributed by atoms with Crippen molar-refractivity contribution in [3.8, 4) is 11.8 Å². The van der Waals surface area contributed by atoms with E-state index in [4.69, 9.17) is 4.74 Å². The van der Waals surface area contributed by atoms with Gasteiger partial charge in [-0.15, -0.1) is 0 Å². The summed E-state index contributed by atoms with van der Waals surface area (Å²) in [5, 5.41) is 10.4. The maximum Gasteiger partial charge on any atom is 0.229 e. The van der Waals surface area contributed by atoms with E-state index in [1.807, 2.05) is 24.3 Å². The third-order valence-electron chi connectivity index (χ3n) is 5.01. The first-order valence-corrected chi connectivity index (χ1v) is 9.81. The highest BCUT2D eigenvalue weighted by atomic mass is 32.2. The summed E-state index contributed by atoms with van der Waals surface area (Å²) in [6.45, 7) is 0.364. The van der Waals surface area contributed by atoms with Crippen LogP contribution in [0.2, 0.25) is 0 Å². The van der Waals surface area contributed by atoms with Crippen molar-refractivity contribution in [3.63, 3.8) is 0 Å². The molecule has 1 saturated heterocycles. The van der Waals surface area contributed by atoms with Gasteiger partial charge in [0, 0.05) is 18.0 Å². The van der Waals surface area contributed by atoms with Gasteiger partial charge in [0.2, 0.25) is 5.91 Å². The predicted molar refractivity (Wildman–Crippen MR) is 106 cm³/mol. The molecule has 2 heterocycles. The zero-order chi connectivity index (χ0) is 19.7. The third-order valence-corrected chi connectivity index (χ3v) is 6.17. The van der Waals surface area contributed by atoms with Crippen molar-refractivity contribution in [1.82, 2.24) is 4.90 Å². The number of carbonyl (C=O) groups is 1. The van der Waals surface area contributed by atoms with E-state index < -0.39 is 5.92 Å². The first-order valence-electron chi connectivity index (χ1n) is 8.83. The highest BCUT2D eigenvalue weighted by Gasteiger charge is 2.39. The molecule has 2 aliphatic rings. The fourth-order valence-corrected chi connectivity index (χ4v) is 4.71. The lowest BCUT2D eigenvalue weighted by atomic mass is 9.86. The number of fused-ring (bicyclic) bond motifs is 1. The molecule has 0 saturated carbocycles. The number of halogens is 1. The van der Waals surface area contributed by atoms with E-state index in [2.05, 4.69) is 11.0 Å². The molecule has 0 aromatic heterocycles. The van der Waals surface area contributed by atoms with Crippen LogP contribution in [0.4, 0.5) is 10.1 Å². The number of nitriles is 1. The number of nitrogens with zero attached hydrogens (tertiary/aromatic N) is 3. The molecule has 0 spiro atoms. The Morgan fingerprint density at radius 3 is 2.64 bits per heavy atom. The zero-order valence-corrected chi connectivity index (χ0v) is 16.1. The van der Waals surface area contributed by atoms with E-state index in [9.17, 15) is 14.4 Å². The van der Waals surface area contributed by atoms with Gasteiger partial charge in [-0.25, -0.2) is 4.39 Å². The monoisotopic (exact) mass is 395 g/mol. The Labute approximate surface area is 167 Å². The van der Waals surface area contributed by atoms with Crippen LogP contribution in [0, 0.1) is 17.1 Å². The number of anilines is 1. The van der Waals surface area contributed by atoms with Crippen LogP contribution in [0.1, 0.15) is 17.9 Å². The second kappa shape index (κ2) is 7.56. The molecule has 142 valence electrons. The minimum atomic E-state index is -0.537. The smallest absolute Gasteiger partial charge is 0.229 e. The second-order valence-corrected chi connectivity index (χ2v) is 7.52. The average molecular weight is 395 g/mol. The molecule has 0 aliphatic carbocycles. The summed E-state index contributed by atoms with van der Waals surface area (Å²) in [6, 6.07) is 16.2. The molecule has 5 nitrogen and oxygen atoms in total. The number of methoxy groups -OCH3 is 1. The van der Waals surface area contributed by atoms with Gasteiger partial charge in [0.25, 0.3) is 0 Å². The minimum absolute atomic E-state index is 0.0876. The van der Waals surface area contributed by atoms with Gasteiger partial charge < -0.3 is 9.64 Å². The van der Waals surface area contributed by atoms with Crippen LogP contribution in [-0.4, -0.2) is 30.5 Å². The van der Waals surface area contributed by atoms with Crippen molar-refractivity contribution in [2.24, 2.45) is 0 Å². The number of hydrogen-bond donors (Lipinski definition) is 0. The molecule has 0 radical (unpaired) electrons. The lowest BCUT2D eigenvalue weighted by Crippen LogP contribution is -2.47. The third kappa shape index (κ3) is 3.20. The van der Waals surface area contributed by atoms with Crippen LogP contribution in [0.3, 0.4) is 0 Å². The number of benzene rings is 2. The lowest BCUT2D eigenvalue weighted by molar-refractivity contribution is -0.129. The Hall–Kier alpha value is -2.98. The maximum atomic E-state index is 14.3. The van der Waals surface area contributed by atoms with Gasteiger partial charge in [0.05, 0.1) is 36.3 Å². The van der Waals surface area contributed by atoms with E-state index in [-0.39, 0.29) is 18.1 Å². The summed E-state index contributed by atoms with van der Waals surface area (Å²) in [4.78, 5) is 16.6. The van der Waals surface area contributed by atoms with Crippen molar-refractivity contribution in [3.05, 3.63) is 70.5 Å². The van der Waals surface area contributed by atoms with Gasteiger partial charge in [-0.1, -0.05) is 30.0 Å². The number of ether oxygens (including phenoxy) is 1. The van der Waals surface area contributed by atoms with Gasteiger partial charge >= 0.3 is 0 Å². The second-order valence-electron chi connectivity index (χ2n) is 6.58. The van der Waals surface area contributed by atoms with E-state index >= 15 is 0 Å².